The summed E-state index contributed by atoms with van der Waals surface area (Å²) < 4.78 is 5.22. The maximum atomic E-state index is 12.4. The molecule has 4 N–H and O–H groups in total. The number of anilines is 3. The first-order valence-electron chi connectivity index (χ1n) is 9.67. The van der Waals surface area contributed by atoms with Gasteiger partial charge in [-0.2, -0.15) is 9.97 Å². The molecule has 2 aromatic heterocycles. The van der Waals surface area contributed by atoms with Gasteiger partial charge in [-0.1, -0.05) is 0 Å². The van der Waals surface area contributed by atoms with Crippen molar-refractivity contribution in [3.8, 4) is 5.75 Å². The van der Waals surface area contributed by atoms with E-state index < -0.39 is 10.9 Å². The third kappa shape index (κ3) is 4.67. The second-order valence-electron chi connectivity index (χ2n) is 6.92. The number of esters is 1. The minimum Gasteiger partial charge on any atom is -0.423 e. The number of nitro groups is 1. The summed E-state index contributed by atoms with van der Waals surface area (Å²) in [5, 5.41) is 10.7. The van der Waals surface area contributed by atoms with Crippen molar-refractivity contribution in [2.75, 3.05) is 16.4 Å². The Kier molecular flexibility index (Phi) is 5.90. The van der Waals surface area contributed by atoms with Gasteiger partial charge in [0.25, 0.3) is 5.69 Å². The Morgan fingerprint density at radius 2 is 1.76 bits per heavy atom. The fourth-order valence-corrected chi connectivity index (χ4v) is 3.01. The second-order valence-corrected chi connectivity index (χ2v) is 6.92. The van der Waals surface area contributed by atoms with Crippen molar-refractivity contribution in [2.24, 2.45) is 0 Å². The van der Waals surface area contributed by atoms with Crippen molar-refractivity contribution in [1.82, 2.24) is 19.9 Å². The molecule has 0 bridgehead atoms. The SMILES string of the molecule is Nc1nc(N)c2nc(CN(C=O)c3ccc(C(=O)Oc4ccc([N+](=O)[O-])cc4)cc3)cnc2n1. The molecule has 0 spiro atoms. The van der Waals surface area contributed by atoms with Gasteiger partial charge >= 0.3 is 5.97 Å². The third-order valence-electron chi connectivity index (χ3n) is 4.65. The number of nitrogens with two attached hydrogens (primary N) is 2. The zero-order valence-corrected chi connectivity index (χ0v) is 17.4. The lowest BCUT2D eigenvalue weighted by Crippen LogP contribution is -2.21. The number of hydrogen-bond acceptors (Lipinski definition) is 11. The highest BCUT2D eigenvalue weighted by Gasteiger charge is 2.14. The van der Waals surface area contributed by atoms with Crippen LogP contribution in [0.3, 0.4) is 0 Å². The summed E-state index contributed by atoms with van der Waals surface area (Å²) >= 11 is 0. The Morgan fingerprint density at radius 1 is 1.06 bits per heavy atom. The van der Waals surface area contributed by atoms with Crippen LogP contribution in [-0.4, -0.2) is 37.2 Å². The highest BCUT2D eigenvalue weighted by molar-refractivity contribution is 5.92. The van der Waals surface area contributed by atoms with E-state index in [9.17, 15) is 19.7 Å². The highest BCUT2D eigenvalue weighted by Crippen LogP contribution is 2.21. The largest absolute Gasteiger partial charge is 0.423 e. The second kappa shape index (κ2) is 9.12. The zero-order chi connectivity index (χ0) is 24.2. The Balaban J connectivity index is 1.47. The number of carbonyl (C=O) groups excluding carboxylic acids is 2. The monoisotopic (exact) mass is 460 g/mol. The molecule has 13 heteroatoms. The molecule has 4 rings (SSSR count). The predicted molar refractivity (Wildman–Crippen MR) is 121 cm³/mol. The molecule has 0 fully saturated rings. The van der Waals surface area contributed by atoms with Gasteiger partial charge < -0.3 is 21.1 Å². The number of non-ortho nitro benzene ring substituents is 1. The van der Waals surface area contributed by atoms with Crippen molar-refractivity contribution in [3.63, 3.8) is 0 Å². The molecule has 0 atom stereocenters. The van der Waals surface area contributed by atoms with E-state index in [2.05, 4.69) is 19.9 Å². The molecule has 13 nitrogen and oxygen atoms in total. The van der Waals surface area contributed by atoms with Crippen LogP contribution in [0.25, 0.3) is 11.2 Å². The summed E-state index contributed by atoms with van der Waals surface area (Å²) in [5.74, 6) is -0.443. The van der Waals surface area contributed by atoms with Gasteiger partial charge in [-0.25, -0.2) is 14.8 Å². The first-order valence-corrected chi connectivity index (χ1v) is 9.67. The lowest BCUT2D eigenvalue weighted by atomic mass is 10.2. The lowest BCUT2D eigenvalue weighted by Gasteiger charge is -2.17. The summed E-state index contributed by atoms with van der Waals surface area (Å²) in [4.78, 5) is 51.9. The number of benzene rings is 2. The van der Waals surface area contributed by atoms with Crippen LogP contribution in [0.5, 0.6) is 5.75 Å². The fourth-order valence-electron chi connectivity index (χ4n) is 3.01. The smallest absolute Gasteiger partial charge is 0.343 e. The van der Waals surface area contributed by atoms with Crippen molar-refractivity contribution >= 4 is 46.7 Å². The van der Waals surface area contributed by atoms with E-state index in [1.807, 2.05) is 0 Å². The molecule has 2 aromatic carbocycles. The zero-order valence-electron chi connectivity index (χ0n) is 17.4. The summed E-state index contributed by atoms with van der Waals surface area (Å²) in [7, 11) is 0. The maximum Gasteiger partial charge on any atom is 0.343 e. The molecule has 0 radical (unpaired) electrons. The van der Waals surface area contributed by atoms with Crippen LogP contribution in [0.2, 0.25) is 0 Å². The quantitative estimate of drug-likeness (QED) is 0.134. The van der Waals surface area contributed by atoms with E-state index in [0.29, 0.717) is 17.8 Å². The third-order valence-corrected chi connectivity index (χ3v) is 4.65. The number of fused-ring (bicyclic) bond motifs is 1. The topological polar surface area (TPSA) is 193 Å². The number of nitro benzene ring substituents is 1. The van der Waals surface area contributed by atoms with E-state index in [0.717, 1.165) is 0 Å². The molecule has 0 aliphatic rings. The summed E-state index contributed by atoms with van der Waals surface area (Å²) in [5.41, 5.74) is 12.9. The van der Waals surface area contributed by atoms with Gasteiger partial charge in [0.1, 0.15) is 5.75 Å². The summed E-state index contributed by atoms with van der Waals surface area (Å²) in [6.07, 6.45) is 2.06. The summed E-state index contributed by atoms with van der Waals surface area (Å²) in [6, 6.07) is 11.2. The normalized spacial score (nSPS) is 10.6. The van der Waals surface area contributed by atoms with Gasteiger partial charge in [0.05, 0.1) is 28.9 Å². The van der Waals surface area contributed by atoms with Gasteiger partial charge in [0.15, 0.2) is 17.0 Å². The first kappa shape index (κ1) is 22.0. The number of hydrogen-bond donors (Lipinski definition) is 2. The first-order chi connectivity index (χ1) is 16.3. The molecule has 4 aromatic rings. The molecule has 0 aliphatic carbocycles. The Morgan fingerprint density at radius 3 is 2.41 bits per heavy atom. The van der Waals surface area contributed by atoms with Crippen LogP contribution in [0.4, 0.5) is 23.1 Å². The van der Waals surface area contributed by atoms with E-state index in [4.69, 9.17) is 16.2 Å². The van der Waals surface area contributed by atoms with E-state index in [-0.39, 0.29) is 46.5 Å². The Labute approximate surface area is 191 Å². The molecule has 2 heterocycles. The molecule has 0 aliphatic heterocycles. The molecule has 34 heavy (non-hydrogen) atoms. The van der Waals surface area contributed by atoms with Crippen molar-refractivity contribution < 1.29 is 19.2 Å². The standard InChI is InChI=1S/C21H16N8O5/c22-18-17-19(27-21(23)26-18)24-9-13(25-17)10-28(11-30)14-3-1-12(2-4-14)20(31)34-16-7-5-15(6-8-16)29(32)33/h1-9,11H,10H2,(H4,22,23,24,26,27). The van der Waals surface area contributed by atoms with Gasteiger partial charge in [0.2, 0.25) is 12.4 Å². The number of aromatic nitrogens is 4. The van der Waals surface area contributed by atoms with Crippen LogP contribution in [0.15, 0.2) is 54.7 Å². The van der Waals surface area contributed by atoms with E-state index in [1.54, 1.807) is 12.1 Å². The molecule has 0 unspecified atom stereocenters. The number of amides is 1. The van der Waals surface area contributed by atoms with Crippen molar-refractivity contribution in [3.05, 3.63) is 76.1 Å². The number of nitrogen functional groups attached to an aromatic ring is 2. The van der Waals surface area contributed by atoms with E-state index in [1.165, 1.54) is 47.5 Å². The molecule has 0 saturated carbocycles. The van der Waals surface area contributed by atoms with Gasteiger partial charge in [0, 0.05) is 17.8 Å². The van der Waals surface area contributed by atoms with Gasteiger partial charge in [-0.15, -0.1) is 0 Å². The Hall–Kier alpha value is -5.20. The number of rotatable bonds is 7. The Bertz CT molecular complexity index is 1390. The lowest BCUT2D eigenvalue weighted by molar-refractivity contribution is -0.384. The molecule has 0 saturated heterocycles. The van der Waals surface area contributed by atoms with Crippen LogP contribution in [-0.2, 0) is 11.3 Å². The predicted octanol–water partition coefficient (Wildman–Crippen LogP) is 1.87. The van der Waals surface area contributed by atoms with Crippen LogP contribution >= 0.6 is 0 Å². The molecular weight excluding hydrogens is 444 g/mol. The average molecular weight is 460 g/mol. The average Bonchev–Trinajstić information content (AvgIpc) is 2.83. The van der Waals surface area contributed by atoms with Crippen LogP contribution in [0.1, 0.15) is 16.1 Å². The van der Waals surface area contributed by atoms with Gasteiger partial charge in [-0.05, 0) is 36.4 Å². The molecule has 170 valence electrons. The number of nitrogens with zero attached hydrogens (tertiary/aromatic N) is 6. The van der Waals surface area contributed by atoms with E-state index >= 15 is 0 Å². The number of carbonyl (C=O) groups is 2. The van der Waals surface area contributed by atoms with Crippen molar-refractivity contribution in [1.29, 1.82) is 0 Å². The molecule has 1 amide bonds. The molecular formula is C21H16N8O5. The van der Waals surface area contributed by atoms with Gasteiger partial charge in [-0.3, -0.25) is 14.9 Å². The number of ether oxygens (including phenoxy) is 1. The highest BCUT2D eigenvalue weighted by atomic mass is 16.6. The van der Waals surface area contributed by atoms with Crippen LogP contribution < -0.4 is 21.1 Å². The fraction of sp³-hybridized carbons (Fsp3) is 0.0476. The summed E-state index contributed by atoms with van der Waals surface area (Å²) in [6.45, 7) is 0.0723. The minimum atomic E-state index is -0.659. The minimum absolute atomic E-state index is 0.0197. The van der Waals surface area contributed by atoms with Crippen molar-refractivity contribution in [2.45, 2.75) is 6.54 Å². The maximum absolute atomic E-state index is 12.4. The van der Waals surface area contributed by atoms with Crippen LogP contribution in [0, 0.1) is 10.1 Å².